The molecular weight excluding hydrogens is 354 g/mol. The Bertz CT molecular complexity index is 876. The van der Waals surface area contributed by atoms with E-state index in [1.165, 1.54) is 38.3 Å². The molecule has 5 nitrogen and oxygen atoms in total. The monoisotopic (exact) mass is 379 g/mol. The molecule has 1 aliphatic rings. The van der Waals surface area contributed by atoms with Crippen LogP contribution in [0, 0.1) is 17.2 Å². The first-order valence-electron chi connectivity index (χ1n) is 9.38. The van der Waals surface area contributed by atoms with Gasteiger partial charge in [0.25, 0.3) is 0 Å². The number of benzene rings is 1. The van der Waals surface area contributed by atoms with Gasteiger partial charge in [0, 0.05) is 5.57 Å². The van der Waals surface area contributed by atoms with Crippen molar-refractivity contribution in [3.63, 3.8) is 0 Å². The maximum Gasteiger partial charge on any atom is 0.339 e. The molecule has 0 aliphatic heterocycles. The van der Waals surface area contributed by atoms with Gasteiger partial charge in [0.05, 0.1) is 12.2 Å². The van der Waals surface area contributed by atoms with Crippen LogP contribution in [-0.2, 0) is 4.79 Å². The number of carbonyl (C=O) groups is 1. The summed E-state index contributed by atoms with van der Waals surface area (Å²) in [6.45, 7) is 5.73. The number of aliphatic hydroxyl groups excluding tert-OH is 1. The number of rotatable bonds is 7. The molecule has 0 radical (unpaired) electrons. The van der Waals surface area contributed by atoms with Crippen LogP contribution in [0.1, 0.15) is 50.2 Å². The summed E-state index contributed by atoms with van der Waals surface area (Å²) in [6, 6.07) is 7.18. The molecule has 1 aromatic carbocycles. The molecule has 0 amide bonds. The van der Waals surface area contributed by atoms with Gasteiger partial charge in [0.15, 0.2) is 0 Å². The summed E-state index contributed by atoms with van der Waals surface area (Å²) < 4.78 is 5.88. The topological polar surface area (TPSA) is 90.6 Å². The van der Waals surface area contributed by atoms with Crippen molar-refractivity contribution in [3.05, 3.63) is 65.1 Å². The lowest BCUT2D eigenvalue weighted by Crippen LogP contribution is -2.15. The number of aliphatic hydroxyl groups is 1. The summed E-state index contributed by atoms with van der Waals surface area (Å²) >= 11 is 0. The van der Waals surface area contributed by atoms with Gasteiger partial charge >= 0.3 is 5.97 Å². The fourth-order valence-corrected chi connectivity index (χ4v) is 3.25. The molecule has 2 rings (SSSR count). The summed E-state index contributed by atoms with van der Waals surface area (Å²) in [7, 11) is 0. The molecule has 0 atom stereocenters. The number of carboxylic acids is 1. The van der Waals surface area contributed by atoms with Crippen LogP contribution in [0.25, 0.3) is 5.57 Å². The quantitative estimate of drug-likeness (QED) is 0.296. The van der Waals surface area contributed by atoms with Crippen molar-refractivity contribution in [1.82, 2.24) is 0 Å². The van der Waals surface area contributed by atoms with Crippen LogP contribution in [0.4, 0.5) is 0 Å². The minimum Gasteiger partial charge on any atom is -0.507 e. The maximum atomic E-state index is 11.4. The van der Waals surface area contributed by atoms with Gasteiger partial charge in [0.2, 0.25) is 0 Å². The van der Waals surface area contributed by atoms with Crippen molar-refractivity contribution in [2.24, 2.45) is 5.92 Å². The van der Waals surface area contributed by atoms with Gasteiger partial charge in [-0.05, 0) is 61.6 Å². The van der Waals surface area contributed by atoms with Gasteiger partial charge < -0.3 is 14.9 Å². The third-order valence-corrected chi connectivity index (χ3v) is 4.87. The first-order valence-corrected chi connectivity index (χ1v) is 9.38. The highest BCUT2D eigenvalue weighted by molar-refractivity contribution is 5.95. The summed E-state index contributed by atoms with van der Waals surface area (Å²) in [5.41, 5.74) is 3.70. The van der Waals surface area contributed by atoms with E-state index in [4.69, 9.17) is 4.74 Å². The van der Waals surface area contributed by atoms with Crippen LogP contribution in [0.2, 0.25) is 0 Å². The molecule has 5 heteroatoms. The van der Waals surface area contributed by atoms with Gasteiger partial charge in [0.1, 0.15) is 23.2 Å². The molecule has 0 unspecified atom stereocenters. The number of ether oxygens (including phenoxy) is 1. The maximum absolute atomic E-state index is 11.4. The number of allylic oxidation sites excluding steroid dienone is 3. The Morgan fingerprint density at radius 1 is 1.32 bits per heavy atom. The molecule has 2 N–H and O–H groups in total. The highest BCUT2D eigenvalue weighted by Gasteiger charge is 2.16. The van der Waals surface area contributed by atoms with E-state index in [-0.39, 0.29) is 11.3 Å². The Hall–Kier alpha value is -3.22. The predicted octanol–water partition coefficient (Wildman–Crippen LogP) is 5.16. The van der Waals surface area contributed by atoms with Crippen molar-refractivity contribution < 1.29 is 19.7 Å². The number of carboxylic acid groups (broad SMARTS) is 1. The Morgan fingerprint density at radius 2 is 2.04 bits per heavy atom. The summed E-state index contributed by atoms with van der Waals surface area (Å²) in [5, 5.41) is 28.6. The highest BCUT2D eigenvalue weighted by Crippen LogP contribution is 2.28. The second-order valence-electron chi connectivity index (χ2n) is 6.77. The minimum absolute atomic E-state index is 0.273. The lowest BCUT2D eigenvalue weighted by molar-refractivity contribution is -0.132. The largest absolute Gasteiger partial charge is 0.507 e. The van der Waals surface area contributed by atoms with E-state index < -0.39 is 5.97 Å². The van der Waals surface area contributed by atoms with Crippen molar-refractivity contribution in [2.45, 2.75) is 39.0 Å². The summed E-state index contributed by atoms with van der Waals surface area (Å²) in [6.07, 6.45) is 8.61. The highest BCUT2D eigenvalue weighted by atomic mass is 16.5. The van der Waals surface area contributed by atoms with Crippen LogP contribution in [0.5, 0.6) is 5.75 Å². The second kappa shape index (κ2) is 10.2. The average Bonchev–Trinajstić information content (AvgIpc) is 2.73. The normalized spacial score (nSPS) is 15.4. The average molecular weight is 379 g/mol. The fraction of sp³-hybridized carbons (Fsp3) is 0.348. The number of hydrogen-bond donors (Lipinski definition) is 2. The zero-order valence-electron chi connectivity index (χ0n) is 16.1. The van der Waals surface area contributed by atoms with Crippen LogP contribution in [0.15, 0.2) is 54.0 Å². The van der Waals surface area contributed by atoms with Crippen molar-refractivity contribution in [3.8, 4) is 11.8 Å². The van der Waals surface area contributed by atoms with Crippen LogP contribution in [0.3, 0.4) is 0 Å². The predicted molar refractivity (Wildman–Crippen MR) is 108 cm³/mol. The van der Waals surface area contributed by atoms with E-state index in [2.05, 4.69) is 18.4 Å². The molecule has 1 aromatic rings. The Morgan fingerprint density at radius 3 is 2.61 bits per heavy atom. The zero-order valence-corrected chi connectivity index (χ0v) is 16.1. The Kier molecular flexibility index (Phi) is 7.68. The SMILES string of the molecule is C=C=C(/C=C(C(=O)O)\C(O)=C/C)c1ccc(OCC2CCCCC2)c(C#N)c1. The lowest BCUT2D eigenvalue weighted by atomic mass is 9.90. The summed E-state index contributed by atoms with van der Waals surface area (Å²) in [5.74, 6) is -0.586. The molecule has 0 saturated heterocycles. The van der Waals surface area contributed by atoms with E-state index in [1.807, 2.05) is 0 Å². The molecule has 0 heterocycles. The number of nitrogens with zero attached hydrogens (tertiary/aromatic N) is 1. The van der Waals surface area contributed by atoms with Gasteiger partial charge in [-0.3, -0.25) is 0 Å². The number of aliphatic carboxylic acids is 1. The molecule has 1 aliphatic carbocycles. The minimum atomic E-state index is -1.27. The van der Waals surface area contributed by atoms with Crippen LogP contribution < -0.4 is 4.74 Å². The summed E-state index contributed by atoms with van der Waals surface area (Å²) in [4.78, 5) is 11.4. The van der Waals surface area contributed by atoms with Gasteiger partial charge in [-0.2, -0.15) is 5.26 Å². The molecule has 0 aromatic heterocycles. The van der Waals surface area contributed by atoms with Crippen molar-refractivity contribution in [2.75, 3.05) is 6.61 Å². The Labute approximate surface area is 165 Å². The first-order chi connectivity index (χ1) is 13.5. The molecule has 28 heavy (non-hydrogen) atoms. The second-order valence-corrected chi connectivity index (χ2v) is 6.77. The Balaban J connectivity index is 2.26. The molecule has 0 bridgehead atoms. The van der Waals surface area contributed by atoms with Crippen molar-refractivity contribution in [1.29, 1.82) is 5.26 Å². The third kappa shape index (κ3) is 5.39. The molecule has 1 saturated carbocycles. The van der Waals surface area contributed by atoms with Gasteiger partial charge in [-0.25, -0.2) is 4.79 Å². The lowest BCUT2D eigenvalue weighted by Gasteiger charge is -2.22. The fourth-order valence-electron chi connectivity index (χ4n) is 3.25. The van der Waals surface area contributed by atoms with Gasteiger partial charge in [-0.15, -0.1) is 5.73 Å². The van der Waals surface area contributed by atoms with E-state index in [9.17, 15) is 20.3 Å². The van der Waals surface area contributed by atoms with E-state index >= 15 is 0 Å². The van der Waals surface area contributed by atoms with E-state index in [0.717, 1.165) is 12.8 Å². The number of nitriles is 1. The molecule has 1 fully saturated rings. The number of hydrogen-bond acceptors (Lipinski definition) is 4. The standard InChI is InChI=1S/C23H25NO4/c1-3-17(13-20(23(26)27)21(25)4-2)18-10-11-22(19(12-18)14-24)28-15-16-8-6-5-7-9-16/h4,10-13,16,25H,1,5-9,15H2,2H3,(H,26,27)/b20-13+,21-4+. The smallest absolute Gasteiger partial charge is 0.339 e. The zero-order chi connectivity index (χ0) is 20.5. The molecule has 0 spiro atoms. The van der Waals surface area contributed by atoms with E-state index in [1.54, 1.807) is 18.2 Å². The van der Waals surface area contributed by atoms with Crippen molar-refractivity contribution >= 4 is 11.5 Å². The van der Waals surface area contributed by atoms with Gasteiger partial charge in [-0.1, -0.05) is 25.8 Å². The van der Waals surface area contributed by atoms with Crippen LogP contribution >= 0.6 is 0 Å². The first kappa shape index (κ1) is 21.1. The molecular formula is C23H25NO4. The molecule has 146 valence electrons. The van der Waals surface area contributed by atoms with E-state index in [0.29, 0.717) is 35.0 Å². The third-order valence-electron chi connectivity index (χ3n) is 4.87. The van der Waals surface area contributed by atoms with Crippen LogP contribution in [-0.4, -0.2) is 22.8 Å².